The standard InChI is InChI=1S/C8H17N/c1-5-4-6(2)8(5)7(3)9/h5-8H,4,9H2,1-3H3. The zero-order valence-corrected chi connectivity index (χ0v) is 6.59. The highest BCUT2D eigenvalue weighted by Gasteiger charge is 2.36. The molecule has 1 rings (SSSR count). The Hall–Kier alpha value is -0.0400. The zero-order valence-electron chi connectivity index (χ0n) is 6.59. The van der Waals surface area contributed by atoms with Gasteiger partial charge in [-0.2, -0.15) is 0 Å². The van der Waals surface area contributed by atoms with Gasteiger partial charge >= 0.3 is 0 Å². The summed E-state index contributed by atoms with van der Waals surface area (Å²) in [5, 5.41) is 0. The fraction of sp³-hybridized carbons (Fsp3) is 1.00. The van der Waals surface area contributed by atoms with Crippen molar-refractivity contribution in [3.63, 3.8) is 0 Å². The third-order valence-electron chi connectivity index (χ3n) is 2.66. The van der Waals surface area contributed by atoms with E-state index in [1.807, 2.05) is 0 Å². The monoisotopic (exact) mass is 127 g/mol. The van der Waals surface area contributed by atoms with E-state index >= 15 is 0 Å². The molecule has 9 heavy (non-hydrogen) atoms. The topological polar surface area (TPSA) is 26.0 Å². The number of hydrogen-bond donors (Lipinski definition) is 1. The van der Waals surface area contributed by atoms with Crippen molar-refractivity contribution >= 4 is 0 Å². The highest BCUT2D eigenvalue weighted by Crippen LogP contribution is 2.40. The van der Waals surface area contributed by atoms with Gasteiger partial charge in [-0.3, -0.25) is 0 Å². The van der Waals surface area contributed by atoms with Crippen molar-refractivity contribution in [2.24, 2.45) is 23.5 Å². The SMILES string of the molecule is CC(N)C1C(C)CC1C. The summed E-state index contributed by atoms with van der Waals surface area (Å²) in [5.41, 5.74) is 5.78. The van der Waals surface area contributed by atoms with Crippen molar-refractivity contribution < 1.29 is 0 Å². The van der Waals surface area contributed by atoms with Gasteiger partial charge in [-0.15, -0.1) is 0 Å². The molecule has 0 spiro atoms. The van der Waals surface area contributed by atoms with Gasteiger partial charge in [-0.05, 0) is 31.1 Å². The van der Waals surface area contributed by atoms with E-state index in [0.717, 1.165) is 17.8 Å². The molecule has 0 aromatic carbocycles. The molecule has 1 fully saturated rings. The molecule has 1 heteroatoms. The van der Waals surface area contributed by atoms with Crippen LogP contribution in [0.3, 0.4) is 0 Å². The van der Waals surface area contributed by atoms with Crippen LogP contribution in [0.25, 0.3) is 0 Å². The molecule has 0 aliphatic heterocycles. The molecule has 0 radical (unpaired) electrons. The van der Waals surface area contributed by atoms with Gasteiger partial charge in [-0.25, -0.2) is 0 Å². The molecule has 3 atom stereocenters. The van der Waals surface area contributed by atoms with Crippen molar-refractivity contribution in [2.75, 3.05) is 0 Å². The van der Waals surface area contributed by atoms with Gasteiger partial charge in [0, 0.05) is 6.04 Å². The molecule has 0 amide bonds. The normalized spacial score (nSPS) is 46.0. The first kappa shape index (κ1) is 7.07. The van der Waals surface area contributed by atoms with Crippen LogP contribution in [-0.2, 0) is 0 Å². The molecule has 2 N–H and O–H groups in total. The smallest absolute Gasteiger partial charge is 0.00438 e. The Bertz CT molecular complexity index is 84.0. The highest BCUT2D eigenvalue weighted by atomic mass is 14.7. The van der Waals surface area contributed by atoms with E-state index < -0.39 is 0 Å². The van der Waals surface area contributed by atoms with Gasteiger partial charge < -0.3 is 5.73 Å². The Morgan fingerprint density at radius 1 is 1.33 bits per heavy atom. The van der Waals surface area contributed by atoms with Crippen LogP contribution in [0.2, 0.25) is 0 Å². The second kappa shape index (κ2) is 2.30. The summed E-state index contributed by atoms with van der Waals surface area (Å²) < 4.78 is 0. The van der Waals surface area contributed by atoms with Gasteiger partial charge in [0.1, 0.15) is 0 Å². The van der Waals surface area contributed by atoms with Gasteiger partial charge in [-0.1, -0.05) is 13.8 Å². The third kappa shape index (κ3) is 1.11. The molecule has 1 aliphatic rings. The summed E-state index contributed by atoms with van der Waals surface area (Å²) >= 11 is 0. The fourth-order valence-electron chi connectivity index (χ4n) is 2.30. The average Bonchev–Trinajstić information content (AvgIpc) is 1.62. The minimum Gasteiger partial charge on any atom is -0.328 e. The lowest BCUT2D eigenvalue weighted by atomic mass is 9.64. The van der Waals surface area contributed by atoms with E-state index in [0.29, 0.717) is 6.04 Å². The maximum atomic E-state index is 5.78. The Balaban J connectivity index is 2.39. The first-order valence-corrected chi connectivity index (χ1v) is 3.88. The van der Waals surface area contributed by atoms with Crippen LogP contribution in [-0.4, -0.2) is 6.04 Å². The maximum Gasteiger partial charge on any atom is 0.00438 e. The van der Waals surface area contributed by atoms with Gasteiger partial charge in [0.15, 0.2) is 0 Å². The highest BCUT2D eigenvalue weighted by molar-refractivity contribution is 4.88. The lowest BCUT2D eigenvalue weighted by Gasteiger charge is -2.43. The molecule has 0 bridgehead atoms. The minimum absolute atomic E-state index is 0.406. The van der Waals surface area contributed by atoms with Crippen LogP contribution in [0.5, 0.6) is 0 Å². The van der Waals surface area contributed by atoms with E-state index in [1.54, 1.807) is 0 Å². The van der Waals surface area contributed by atoms with E-state index in [1.165, 1.54) is 6.42 Å². The number of rotatable bonds is 1. The molecule has 1 saturated carbocycles. The molecule has 0 heterocycles. The predicted octanol–water partition coefficient (Wildman–Crippen LogP) is 1.63. The molecular formula is C8H17N. The molecule has 0 aromatic heterocycles. The van der Waals surface area contributed by atoms with Crippen molar-refractivity contribution in [1.29, 1.82) is 0 Å². The minimum atomic E-state index is 0.406. The second-order valence-electron chi connectivity index (χ2n) is 3.63. The van der Waals surface area contributed by atoms with E-state index in [2.05, 4.69) is 20.8 Å². The van der Waals surface area contributed by atoms with Crippen LogP contribution in [0, 0.1) is 17.8 Å². The van der Waals surface area contributed by atoms with Gasteiger partial charge in [0.05, 0.1) is 0 Å². The van der Waals surface area contributed by atoms with Crippen LogP contribution in [0.1, 0.15) is 27.2 Å². The van der Waals surface area contributed by atoms with Crippen LogP contribution in [0.15, 0.2) is 0 Å². The first-order valence-electron chi connectivity index (χ1n) is 3.88. The fourth-order valence-corrected chi connectivity index (χ4v) is 2.30. The molecule has 0 aromatic rings. The van der Waals surface area contributed by atoms with Crippen molar-refractivity contribution in [3.05, 3.63) is 0 Å². The Labute approximate surface area is 57.6 Å². The summed E-state index contributed by atoms with van der Waals surface area (Å²) in [6.07, 6.45) is 1.38. The average molecular weight is 127 g/mol. The largest absolute Gasteiger partial charge is 0.328 e. The lowest BCUT2D eigenvalue weighted by Crippen LogP contribution is -2.44. The van der Waals surface area contributed by atoms with Crippen molar-refractivity contribution in [3.8, 4) is 0 Å². The summed E-state index contributed by atoms with van der Waals surface area (Å²) in [6, 6.07) is 0.406. The third-order valence-corrected chi connectivity index (χ3v) is 2.66. The second-order valence-corrected chi connectivity index (χ2v) is 3.63. The van der Waals surface area contributed by atoms with E-state index in [4.69, 9.17) is 5.73 Å². The summed E-state index contributed by atoms with van der Waals surface area (Å²) in [4.78, 5) is 0. The predicted molar refractivity (Wildman–Crippen MR) is 40.1 cm³/mol. The summed E-state index contributed by atoms with van der Waals surface area (Å²) in [6.45, 7) is 6.72. The molecule has 54 valence electrons. The zero-order chi connectivity index (χ0) is 7.02. The van der Waals surface area contributed by atoms with Crippen molar-refractivity contribution in [2.45, 2.75) is 33.2 Å². The summed E-state index contributed by atoms with van der Waals surface area (Å²) in [7, 11) is 0. The first-order chi connectivity index (χ1) is 4.13. The Morgan fingerprint density at radius 2 is 1.78 bits per heavy atom. The van der Waals surface area contributed by atoms with E-state index in [9.17, 15) is 0 Å². The molecule has 1 aliphatic carbocycles. The van der Waals surface area contributed by atoms with Gasteiger partial charge in [0.2, 0.25) is 0 Å². The van der Waals surface area contributed by atoms with E-state index in [-0.39, 0.29) is 0 Å². The Kier molecular flexibility index (Phi) is 1.80. The summed E-state index contributed by atoms with van der Waals surface area (Å²) in [5.74, 6) is 2.55. The van der Waals surface area contributed by atoms with Crippen LogP contribution in [0.4, 0.5) is 0 Å². The van der Waals surface area contributed by atoms with Crippen LogP contribution < -0.4 is 5.73 Å². The quantitative estimate of drug-likeness (QED) is 0.569. The number of hydrogen-bond acceptors (Lipinski definition) is 1. The van der Waals surface area contributed by atoms with Gasteiger partial charge in [0.25, 0.3) is 0 Å². The Morgan fingerprint density at radius 3 is 1.89 bits per heavy atom. The molecule has 0 saturated heterocycles. The molecule has 3 unspecified atom stereocenters. The molecule has 1 nitrogen and oxygen atoms in total. The molecular weight excluding hydrogens is 110 g/mol. The van der Waals surface area contributed by atoms with Crippen molar-refractivity contribution in [1.82, 2.24) is 0 Å². The maximum absolute atomic E-state index is 5.78. The number of nitrogens with two attached hydrogens (primary N) is 1. The lowest BCUT2D eigenvalue weighted by molar-refractivity contribution is 0.0808. The van der Waals surface area contributed by atoms with Crippen LogP contribution >= 0.6 is 0 Å².